The van der Waals surface area contributed by atoms with Crippen LogP contribution in [0, 0.1) is 0 Å². The Morgan fingerprint density at radius 2 is 2.05 bits per heavy atom. The van der Waals surface area contributed by atoms with Crippen LogP contribution in [0.15, 0.2) is 17.7 Å². The number of hydrogen-bond acceptors (Lipinski definition) is 2. The molecule has 20 heavy (non-hydrogen) atoms. The largest absolute Gasteiger partial charge is 0.478 e. The number of halogens is 5. The normalized spacial score (nSPS) is 18.1. The summed E-state index contributed by atoms with van der Waals surface area (Å²) in [5.74, 6) is -5.73. The Morgan fingerprint density at radius 3 is 2.60 bits per heavy atom. The lowest BCUT2D eigenvalue weighted by atomic mass is 9.97. The highest BCUT2D eigenvalue weighted by Crippen LogP contribution is 2.41. The molecule has 1 N–H and O–H groups in total. The molecule has 108 valence electrons. The van der Waals surface area contributed by atoms with Crippen molar-refractivity contribution >= 4 is 35.2 Å². The second kappa shape index (κ2) is 5.18. The van der Waals surface area contributed by atoms with Crippen LogP contribution in [0.3, 0.4) is 0 Å². The maximum Gasteiger partial charge on any atom is 0.335 e. The van der Waals surface area contributed by atoms with E-state index in [4.69, 9.17) is 33.0 Å². The van der Waals surface area contributed by atoms with Crippen molar-refractivity contribution in [3.63, 3.8) is 0 Å². The summed E-state index contributed by atoms with van der Waals surface area (Å²) in [4.78, 5) is 11.0. The molecule has 0 spiro atoms. The van der Waals surface area contributed by atoms with Gasteiger partial charge in [-0.15, -0.1) is 0 Å². The molecule has 0 bridgehead atoms. The predicted molar refractivity (Wildman–Crippen MR) is 67.4 cm³/mol. The van der Waals surface area contributed by atoms with Crippen molar-refractivity contribution < 1.29 is 27.8 Å². The summed E-state index contributed by atoms with van der Waals surface area (Å²) in [6.45, 7) is -2.05. The van der Waals surface area contributed by atoms with E-state index in [0.29, 0.717) is 0 Å². The Labute approximate surface area is 121 Å². The summed E-state index contributed by atoms with van der Waals surface area (Å²) in [5, 5.41) is 9.14. The van der Waals surface area contributed by atoms with E-state index in [0.717, 1.165) is 6.08 Å². The van der Waals surface area contributed by atoms with Crippen molar-refractivity contribution in [3.8, 4) is 5.75 Å². The molecule has 0 fully saturated rings. The average molecular weight is 327 g/mol. The van der Waals surface area contributed by atoms with Crippen LogP contribution in [0.25, 0.3) is 6.08 Å². The molecule has 1 aromatic rings. The smallest absolute Gasteiger partial charge is 0.335 e. The van der Waals surface area contributed by atoms with Crippen LogP contribution in [-0.2, 0) is 4.79 Å². The summed E-state index contributed by atoms with van der Waals surface area (Å²) < 4.78 is 44.3. The average Bonchev–Trinajstić information content (AvgIpc) is 2.37. The number of aliphatic carboxylic acids is 1. The molecule has 2 rings (SSSR count). The second-order valence-corrected chi connectivity index (χ2v) is 4.94. The molecular formula is C12H7Cl2F3O3. The first-order chi connectivity index (χ1) is 9.26. The molecule has 0 aliphatic carbocycles. The minimum Gasteiger partial charge on any atom is -0.478 e. The van der Waals surface area contributed by atoms with Crippen molar-refractivity contribution in [1.29, 1.82) is 0 Å². The van der Waals surface area contributed by atoms with Gasteiger partial charge >= 0.3 is 11.9 Å². The first kappa shape index (κ1) is 15.0. The first-order valence-corrected chi connectivity index (χ1v) is 6.06. The Kier molecular flexibility index (Phi) is 3.88. The number of alkyl halides is 3. The third kappa shape index (κ3) is 2.58. The maximum absolute atomic E-state index is 13.5. The van der Waals surface area contributed by atoms with Gasteiger partial charge in [0, 0.05) is 10.6 Å². The molecule has 0 saturated heterocycles. The molecular weight excluding hydrogens is 320 g/mol. The van der Waals surface area contributed by atoms with Crippen LogP contribution >= 0.6 is 23.2 Å². The van der Waals surface area contributed by atoms with Gasteiger partial charge in [0.05, 0.1) is 10.6 Å². The Hall–Kier alpha value is -1.40. The summed E-state index contributed by atoms with van der Waals surface area (Å²) in [6.07, 6.45) is -1.30. The molecule has 1 aliphatic heterocycles. The minimum absolute atomic E-state index is 0.0493. The van der Waals surface area contributed by atoms with Crippen LogP contribution < -0.4 is 4.74 Å². The zero-order chi connectivity index (χ0) is 15.1. The molecule has 1 unspecified atom stereocenters. The van der Waals surface area contributed by atoms with Gasteiger partial charge in [0.1, 0.15) is 5.75 Å². The van der Waals surface area contributed by atoms with E-state index in [2.05, 4.69) is 0 Å². The predicted octanol–water partition coefficient (Wildman–Crippen LogP) is 3.83. The fraction of sp³-hybridized carbons (Fsp3) is 0.250. The molecule has 0 amide bonds. The number of rotatable bonds is 3. The molecule has 8 heteroatoms. The van der Waals surface area contributed by atoms with Crippen LogP contribution in [0.5, 0.6) is 5.75 Å². The standard InChI is InChI=1S/C12H7Cl2F3O3/c13-5-1-8(14)6-3-7(11(18)19)10(12(16,17)4-15)20-9(6)2-5/h1-3,10H,4H2,(H,18,19). The van der Waals surface area contributed by atoms with Crippen molar-refractivity contribution in [3.05, 3.63) is 33.3 Å². The highest BCUT2D eigenvalue weighted by molar-refractivity contribution is 6.36. The highest BCUT2D eigenvalue weighted by atomic mass is 35.5. The highest BCUT2D eigenvalue weighted by Gasteiger charge is 2.48. The van der Waals surface area contributed by atoms with Crippen molar-refractivity contribution in [1.82, 2.24) is 0 Å². The number of benzene rings is 1. The lowest BCUT2D eigenvalue weighted by molar-refractivity contribution is -0.139. The van der Waals surface area contributed by atoms with E-state index in [1.54, 1.807) is 0 Å². The molecule has 0 radical (unpaired) electrons. The monoisotopic (exact) mass is 326 g/mol. The zero-order valence-corrected chi connectivity index (χ0v) is 11.2. The third-order valence-corrected chi connectivity index (χ3v) is 3.22. The Balaban J connectivity index is 2.59. The molecule has 1 heterocycles. The minimum atomic E-state index is -3.98. The third-order valence-electron chi connectivity index (χ3n) is 2.69. The fourth-order valence-corrected chi connectivity index (χ4v) is 2.31. The first-order valence-electron chi connectivity index (χ1n) is 5.30. The number of fused-ring (bicyclic) bond motifs is 1. The van der Waals surface area contributed by atoms with Gasteiger partial charge in [-0.25, -0.2) is 9.18 Å². The summed E-state index contributed by atoms with van der Waals surface area (Å²) in [7, 11) is 0. The van der Waals surface area contributed by atoms with Gasteiger partial charge in [0.25, 0.3) is 0 Å². The van der Waals surface area contributed by atoms with Crippen LogP contribution in [0.1, 0.15) is 5.56 Å². The van der Waals surface area contributed by atoms with E-state index in [1.807, 2.05) is 0 Å². The fourth-order valence-electron chi connectivity index (χ4n) is 1.78. The van der Waals surface area contributed by atoms with Gasteiger partial charge in [-0.1, -0.05) is 23.2 Å². The van der Waals surface area contributed by atoms with Crippen molar-refractivity contribution in [2.24, 2.45) is 0 Å². The van der Waals surface area contributed by atoms with Crippen molar-refractivity contribution in [2.45, 2.75) is 12.0 Å². The molecule has 1 aromatic carbocycles. The van der Waals surface area contributed by atoms with E-state index in [1.165, 1.54) is 12.1 Å². The van der Waals surface area contributed by atoms with E-state index in [-0.39, 0.29) is 21.4 Å². The Morgan fingerprint density at radius 1 is 1.40 bits per heavy atom. The van der Waals surface area contributed by atoms with E-state index >= 15 is 0 Å². The lowest BCUT2D eigenvalue weighted by Crippen LogP contribution is -2.44. The van der Waals surface area contributed by atoms with Crippen LogP contribution in [-0.4, -0.2) is 29.8 Å². The molecule has 0 aromatic heterocycles. The molecule has 1 aliphatic rings. The molecule has 1 atom stereocenters. The van der Waals surface area contributed by atoms with Crippen LogP contribution in [0.2, 0.25) is 10.0 Å². The van der Waals surface area contributed by atoms with Gasteiger partial charge in [0.15, 0.2) is 12.8 Å². The molecule has 3 nitrogen and oxygen atoms in total. The van der Waals surface area contributed by atoms with Gasteiger partial charge in [-0.2, -0.15) is 8.78 Å². The van der Waals surface area contributed by atoms with E-state index in [9.17, 15) is 18.0 Å². The summed E-state index contributed by atoms with van der Waals surface area (Å²) in [5.41, 5.74) is -0.663. The summed E-state index contributed by atoms with van der Waals surface area (Å²) >= 11 is 11.6. The zero-order valence-electron chi connectivity index (χ0n) is 9.67. The quantitative estimate of drug-likeness (QED) is 0.918. The summed E-state index contributed by atoms with van der Waals surface area (Å²) in [6, 6.07) is 2.52. The number of carboxylic acid groups (broad SMARTS) is 1. The van der Waals surface area contributed by atoms with Gasteiger partial charge in [-0.3, -0.25) is 0 Å². The number of ether oxygens (including phenoxy) is 1. The van der Waals surface area contributed by atoms with Gasteiger partial charge < -0.3 is 9.84 Å². The van der Waals surface area contributed by atoms with Crippen LogP contribution in [0.4, 0.5) is 13.2 Å². The number of hydrogen-bond donors (Lipinski definition) is 1. The Bertz CT molecular complexity index is 602. The van der Waals surface area contributed by atoms with Gasteiger partial charge in [-0.05, 0) is 18.2 Å². The second-order valence-electron chi connectivity index (χ2n) is 4.10. The van der Waals surface area contributed by atoms with Gasteiger partial charge in [0.2, 0.25) is 0 Å². The van der Waals surface area contributed by atoms with Crippen molar-refractivity contribution in [2.75, 3.05) is 6.67 Å². The number of carboxylic acids is 1. The topological polar surface area (TPSA) is 46.5 Å². The molecule has 0 saturated carbocycles. The SMILES string of the molecule is O=C(O)C1=Cc2c(Cl)cc(Cl)cc2OC1C(F)(F)CF. The van der Waals surface area contributed by atoms with E-state index < -0.39 is 30.2 Å². The maximum atomic E-state index is 13.5. The lowest BCUT2D eigenvalue weighted by Gasteiger charge is -2.30. The number of carbonyl (C=O) groups is 1.